The summed E-state index contributed by atoms with van der Waals surface area (Å²) in [5.41, 5.74) is -0.965. The van der Waals surface area contributed by atoms with E-state index >= 15 is 0 Å². The number of hydrogen-bond donors (Lipinski definition) is 2. The van der Waals surface area contributed by atoms with Gasteiger partial charge in [0.15, 0.2) is 0 Å². The molecule has 0 aromatic carbocycles. The van der Waals surface area contributed by atoms with Gasteiger partial charge in [-0.05, 0) is 38.6 Å². The number of hydrogen-bond acceptors (Lipinski definition) is 3. The second kappa shape index (κ2) is 7.10. The highest BCUT2D eigenvalue weighted by molar-refractivity contribution is 5.78. The Hall–Kier alpha value is -0.610. The van der Waals surface area contributed by atoms with E-state index in [0.717, 1.165) is 12.8 Å². The second-order valence-electron chi connectivity index (χ2n) is 5.68. The molecule has 0 aliphatic heterocycles. The summed E-state index contributed by atoms with van der Waals surface area (Å²) in [6.07, 6.45) is 5.86. The highest BCUT2D eigenvalue weighted by atomic mass is 16.5. The van der Waals surface area contributed by atoms with Gasteiger partial charge in [0.05, 0.1) is 12.7 Å². The zero-order valence-corrected chi connectivity index (χ0v) is 11.9. The number of carboxylic acid groups (broad SMARTS) is 1. The fourth-order valence-corrected chi connectivity index (χ4v) is 2.39. The van der Waals surface area contributed by atoms with E-state index < -0.39 is 11.5 Å². The number of nitrogens with one attached hydrogen (secondary N) is 1. The van der Waals surface area contributed by atoms with Crippen molar-refractivity contribution in [1.82, 2.24) is 5.32 Å². The SMILES string of the molecule is CCCNC(C)(COC1CCCCC1C)C(=O)O. The fraction of sp³-hybridized carbons (Fsp3) is 0.929. The first-order valence-electron chi connectivity index (χ1n) is 7.09. The van der Waals surface area contributed by atoms with Gasteiger partial charge in [-0.3, -0.25) is 4.79 Å². The molecule has 18 heavy (non-hydrogen) atoms. The first-order valence-corrected chi connectivity index (χ1v) is 7.09. The topological polar surface area (TPSA) is 58.6 Å². The molecule has 1 fully saturated rings. The summed E-state index contributed by atoms with van der Waals surface area (Å²) in [6, 6.07) is 0. The Balaban J connectivity index is 2.48. The van der Waals surface area contributed by atoms with Crippen molar-refractivity contribution in [2.45, 2.75) is 64.5 Å². The summed E-state index contributed by atoms with van der Waals surface area (Å²) in [4.78, 5) is 11.3. The minimum atomic E-state index is -0.965. The van der Waals surface area contributed by atoms with Crippen molar-refractivity contribution in [2.75, 3.05) is 13.2 Å². The largest absolute Gasteiger partial charge is 0.480 e. The molecule has 3 unspecified atom stereocenters. The molecule has 0 amide bonds. The van der Waals surface area contributed by atoms with Gasteiger partial charge in [-0.2, -0.15) is 0 Å². The minimum Gasteiger partial charge on any atom is -0.480 e. The van der Waals surface area contributed by atoms with E-state index in [1.807, 2.05) is 6.92 Å². The van der Waals surface area contributed by atoms with E-state index in [-0.39, 0.29) is 12.7 Å². The van der Waals surface area contributed by atoms with Crippen molar-refractivity contribution >= 4 is 5.97 Å². The van der Waals surface area contributed by atoms with Gasteiger partial charge in [0, 0.05) is 0 Å². The van der Waals surface area contributed by atoms with Crippen LogP contribution in [0.4, 0.5) is 0 Å². The van der Waals surface area contributed by atoms with Crippen LogP contribution in [0.2, 0.25) is 0 Å². The summed E-state index contributed by atoms with van der Waals surface area (Å²) >= 11 is 0. The molecule has 1 aliphatic carbocycles. The molecule has 0 aromatic rings. The lowest BCUT2D eigenvalue weighted by Crippen LogP contribution is -2.54. The van der Waals surface area contributed by atoms with Crippen LogP contribution in [0.1, 0.15) is 52.9 Å². The molecule has 0 saturated heterocycles. The third-order valence-electron chi connectivity index (χ3n) is 3.86. The molecule has 1 rings (SSSR count). The average Bonchev–Trinajstić information content (AvgIpc) is 2.35. The zero-order chi connectivity index (χ0) is 13.6. The van der Waals surface area contributed by atoms with Crippen molar-refractivity contribution in [2.24, 2.45) is 5.92 Å². The highest BCUT2D eigenvalue weighted by Crippen LogP contribution is 2.27. The van der Waals surface area contributed by atoms with Gasteiger partial charge in [-0.15, -0.1) is 0 Å². The maximum Gasteiger partial charge on any atom is 0.326 e. The lowest BCUT2D eigenvalue weighted by molar-refractivity contribution is -0.149. The van der Waals surface area contributed by atoms with Crippen LogP contribution in [0.25, 0.3) is 0 Å². The van der Waals surface area contributed by atoms with Gasteiger partial charge in [-0.1, -0.05) is 26.7 Å². The Labute approximate surface area is 110 Å². The van der Waals surface area contributed by atoms with Crippen molar-refractivity contribution in [3.8, 4) is 0 Å². The molecular weight excluding hydrogens is 230 g/mol. The molecule has 0 bridgehead atoms. The van der Waals surface area contributed by atoms with Crippen LogP contribution >= 0.6 is 0 Å². The third kappa shape index (κ3) is 4.25. The Morgan fingerprint density at radius 3 is 2.67 bits per heavy atom. The van der Waals surface area contributed by atoms with Crippen LogP contribution in [0.3, 0.4) is 0 Å². The summed E-state index contributed by atoms with van der Waals surface area (Å²) < 4.78 is 5.88. The van der Waals surface area contributed by atoms with Gasteiger partial charge in [0.1, 0.15) is 5.54 Å². The van der Waals surface area contributed by atoms with Crippen LogP contribution < -0.4 is 5.32 Å². The van der Waals surface area contributed by atoms with E-state index in [1.165, 1.54) is 19.3 Å². The van der Waals surface area contributed by atoms with E-state index in [2.05, 4.69) is 12.2 Å². The van der Waals surface area contributed by atoms with Gasteiger partial charge >= 0.3 is 5.97 Å². The lowest BCUT2D eigenvalue weighted by Gasteiger charge is -2.33. The predicted molar refractivity (Wildman–Crippen MR) is 71.7 cm³/mol. The van der Waals surface area contributed by atoms with Gasteiger partial charge in [-0.25, -0.2) is 0 Å². The van der Waals surface area contributed by atoms with E-state index in [9.17, 15) is 9.90 Å². The Morgan fingerprint density at radius 1 is 1.44 bits per heavy atom. The normalized spacial score (nSPS) is 27.7. The number of ether oxygens (including phenoxy) is 1. The van der Waals surface area contributed by atoms with Crippen molar-refractivity contribution < 1.29 is 14.6 Å². The first kappa shape index (κ1) is 15.4. The summed E-state index contributed by atoms with van der Waals surface area (Å²) in [5, 5.41) is 12.4. The quantitative estimate of drug-likeness (QED) is 0.735. The van der Waals surface area contributed by atoms with Gasteiger partial charge < -0.3 is 15.2 Å². The third-order valence-corrected chi connectivity index (χ3v) is 3.86. The molecule has 0 aromatic heterocycles. The Kier molecular flexibility index (Phi) is 6.09. The molecule has 0 heterocycles. The average molecular weight is 257 g/mol. The standard InChI is InChI=1S/C14H27NO3/c1-4-9-15-14(3,13(16)17)10-18-12-8-6-5-7-11(12)2/h11-12,15H,4-10H2,1-3H3,(H,16,17). The minimum absolute atomic E-state index is 0.223. The molecule has 1 saturated carbocycles. The zero-order valence-electron chi connectivity index (χ0n) is 11.9. The van der Waals surface area contributed by atoms with Crippen molar-refractivity contribution in [1.29, 1.82) is 0 Å². The Bertz CT molecular complexity index is 270. The Morgan fingerprint density at radius 2 is 2.11 bits per heavy atom. The molecule has 1 aliphatic rings. The van der Waals surface area contributed by atoms with E-state index in [4.69, 9.17) is 4.74 Å². The van der Waals surface area contributed by atoms with Crippen LogP contribution in [0.15, 0.2) is 0 Å². The highest BCUT2D eigenvalue weighted by Gasteiger charge is 2.34. The van der Waals surface area contributed by atoms with E-state index in [1.54, 1.807) is 6.92 Å². The molecular formula is C14H27NO3. The number of carbonyl (C=O) groups is 1. The monoisotopic (exact) mass is 257 g/mol. The molecule has 106 valence electrons. The lowest BCUT2D eigenvalue weighted by atomic mass is 9.88. The molecule has 0 radical (unpaired) electrons. The van der Waals surface area contributed by atoms with Crippen molar-refractivity contribution in [3.63, 3.8) is 0 Å². The first-order chi connectivity index (χ1) is 8.49. The molecule has 3 atom stereocenters. The number of aliphatic carboxylic acids is 1. The number of rotatable bonds is 7. The molecule has 4 nitrogen and oxygen atoms in total. The van der Waals surface area contributed by atoms with Crippen LogP contribution in [0, 0.1) is 5.92 Å². The summed E-state index contributed by atoms with van der Waals surface area (Å²) in [7, 11) is 0. The van der Waals surface area contributed by atoms with Crippen LogP contribution in [-0.2, 0) is 9.53 Å². The predicted octanol–water partition coefficient (Wildman–Crippen LogP) is 2.42. The molecule has 0 spiro atoms. The van der Waals surface area contributed by atoms with Crippen molar-refractivity contribution in [3.05, 3.63) is 0 Å². The maximum absolute atomic E-state index is 11.3. The van der Waals surface area contributed by atoms with Crippen LogP contribution in [-0.4, -0.2) is 35.9 Å². The van der Waals surface area contributed by atoms with Crippen LogP contribution in [0.5, 0.6) is 0 Å². The smallest absolute Gasteiger partial charge is 0.326 e. The number of carboxylic acids is 1. The van der Waals surface area contributed by atoms with Gasteiger partial charge in [0.2, 0.25) is 0 Å². The maximum atomic E-state index is 11.3. The molecule has 4 heteroatoms. The second-order valence-corrected chi connectivity index (χ2v) is 5.68. The summed E-state index contributed by atoms with van der Waals surface area (Å²) in [5.74, 6) is -0.289. The summed E-state index contributed by atoms with van der Waals surface area (Å²) in [6.45, 7) is 6.88. The van der Waals surface area contributed by atoms with Gasteiger partial charge in [0.25, 0.3) is 0 Å². The molecule has 2 N–H and O–H groups in total. The fourth-order valence-electron chi connectivity index (χ4n) is 2.39. The van der Waals surface area contributed by atoms with E-state index in [0.29, 0.717) is 12.5 Å².